The van der Waals surface area contributed by atoms with Gasteiger partial charge >= 0.3 is 0 Å². The summed E-state index contributed by atoms with van der Waals surface area (Å²) in [7, 11) is 0. The third-order valence-electron chi connectivity index (χ3n) is 2.82. The molecule has 1 N–H and O–H groups in total. The van der Waals surface area contributed by atoms with E-state index in [0.29, 0.717) is 18.9 Å². The molecule has 114 valence electrons. The Balaban J connectivity index is 2.11. The SMILES string of the molecule is CC(C)(C)NCCc1ncc(-c2cc(F)c(Cl)cc2F)o1. The molecule has 1 aromatic heterocycles. The zero-order chi connectivity index (χ0) is 15.6. The lowest BCUT2D eigenvalue weighted by molar-refractivity contribution is 0.411. The fourth-order valence-corrected chi connectivity index (χ4v) is 1.96. The van der Waals surface area contributed by atoms with Crippen LogP contribution in [0.1, 0.15) is 26.7 Å². The van der Waals surface area contributed by atoms with Gasteiger partial charge in [-0.2, -0.15) is 0 Å². The minimum Gasteiger partial charge on any atom is -0.441 e. The van der Waals surface area contributed by atoms with Gasteiger partial charge in [-0.15, -0.1) is 0 Å². The van der Waals surface area contributed by atoms with Crippen LogP contribution in [0.2, 0.25) is 5.02 Å². The van der Waals surface area contributed by atoms with Crippen molar-refractivity contribution in [3.05, 3.63) is 40.9 Å². The van der Waals surface area contributed by atoms with Gasteiger partial charge in [0.05, 0.1) is 16.8 Å². The van der Waals surface area contributed by atoms with E-state index in [0.717, 1.165) is 12.1 Å². The summed E-state index contributed by atoms with van der Waals surface area (Å²) in [6.45, 7) is 6.85. The Bertz CT molecular complexity index is 635. The van der Waals surface area contributed by atoms with Crippen molar-refractivity contribution in [1.82, 2.24) is 10.3 Å². The summed E-state index contributed by atoms with van der Waals surface area (Å²) in [5.41, 5.74) is 0.0142. The molecular formula is C15H17ClF2N2O. The summed E-state index contributed by atoms with van der Waals surface area (Å²) in [6, 6.07) is 1.94. The second-order valence-corrected chi connectivity index (χ2v) is 6.20. The first-order chi connectivity index (χ1) is 9.76. The molecule has 0 bridgehead atoms. The van der Waals surface area contributed by atoms with Crippen molar-refractivity contribution < 1.29 is 13.2 Å². The standard InChI is InChI=1S/C15H17ClF2N2O/c1-15(2,3)20-5-4-14-19-8-13(21-14)9-6-12(18)10(16)7-11(9)17/h6-8,20H,4-5H2,1-3H3. The number of halogens is 3. The third-order valence-corrected chi connectivity index (χ3v) is 3.11. The van der Waals surface area contributed by atoms with E-state index in [9.17, 15) is 8.78 Å². The van der Waals surface area contributed by atoms with Gasteiger partial charge in [-0.1, -0.05) is 11.6 Å². The van der Waals surface area contributed by atoms with Crippen LogP contribution in [0.15, 0.2) is 22.7 Å². The molecule has 0 aliphatic rings. The molecule has 6 heteroatoms. The van der Waals surface area contributed by atoms with Crippen LogP contribution >= 0.6 is 11.6 Å². The van der Waals surface area contributed by atoms with Gasteiger partial charge in [0.2, 0.25) is 0 Å². The summed E-state index contributed by atoms with van der Waals surface area (Å²) in [6.07, 6.45) is 1.95. The van der Waals surface area contributed by atoms with Crippen molar-refractivity contribution in [3.63, 3.8) is 0 Å². The highest BCUT2D eigenvalue weighted by atomic mass is 35.5. The Labute approximate surface area is 127 Å². The van der Waals surface area contributed by atoms with E-state index in [1.807, 2.05) is 0 Å². The van der Waals surface area contributed by atoms with Crippen LogP contribution in [0, 0.1) is 11.6 Å². The second-order valence-electron chi connectivity index (χ2n) is 5.79. The molecule has 0 spiro atoms. The molecule has 0 unspecified atom stereocenters. The fraction of sp³-hybridized carbons (Fsp3) is 0.400. The largest absolute Gasteiger partial charge is 0.441 e. The average Bonchev–Trinajstić information content (AvgIpc) is 2.81. The lowest BCUT2D eigenvalue weighted by atomic mass is 10.1. The summed E-state index contributed by atoms with van der Waals surface area (Å²) in [4.78, 5) is 4.08. The van der Waals surface area contributed by atoms with E-state index in [1.54, 1.807) is 0 Å². The molecule has 0 fully saturated rings. The lowest BCUT2D eigenvalue weighted by Gasteiger charge is -2.19. The summed E-state index contributed by atoms with van der Waals surface area (Å²) >= 11 is 5.52. The molecule has 2 aromatic rings. The molecule has 21 heavy (non-hydrogen) atoms. The maximum atomic E-state index is 13.8. The lowest BCUT2D eigenvalue weighted by Crippen LogP contribution is -2.37. The number of rotatable bonds is 4. The Morgan fingerprint density at radius 1 is 1.24 bits per heavy atom. The molecular weight excluding hydrogens is 298 g/mol. The Morgan fingerprint density at radius 2 is 1.95 bits per heavy atom. The fourth-order valence-electron chi connectivity index (χ4n) is 1.81. The molecule has 0 radical (unpaired) electrons. The van der Waals surface area contributed by atoms with Gasteiger partial charge in [-0.25, -0.2) is 13.8 Å². The van der Waals surface area contributed by atoms with E-state index in [2.05, 4.69) is 31.1 Å². The minimum absolute atomic E-state index is 0.000832. The summed E-state index contributed by atoms with van der Waals surface area (Å²) < 4.78 is 32.7. The quantitative estimate of drug-likeness (QED) is 0.859. The van der Waals surface area contributed by atoms with Crippen LogP contribution in [0.3, 0.4) is 0 Å². The highest BCUT2D eigenvalue weighted by Crippen LogP contribution is 2.28. The number of hydrogen-bond acceptors (Lipinski definition) is 3. The molecule has 1 aromatic carbocycles. The maximum Gasteiger partial charge on any atom is 0.196 e. The van der Waals surface area contributed by atoms with Crippen molar-refractivity contribution in [2.45, 2.75) is 32.7 Å². The van der Waals surface area contributed by atoms with Gasteiger partial charge < -0.3 is 9.73 Å². The van der Waals surface area contributed by atoms with Gasteiger partial charge in [0, 0.05) is 18.5 Å². The summed E-state index contributed by atoms with van der Waals surface area (Å²) in [5.74, 6) is -0.678. The first kappa shape index (κ1) is 15.9. The molecule has 0 aliphatic heterocycles. The van der Waals surface area contributed by atoms with E-state index >= 15 is 0 Å². The molecule has 0 amide bonds. The number of benzene rings is 1. The first-order valence-electron chi connectivity index (χ1n) is 6.61. The van der Waals surface area contributed by atoms with Gasteiger partial charge in [0.15, 0.2) is 11.7 Å². The summed E-state index contributed by atoms with van der Waals surface area (Å²) in [5, 5.41) is 3.04. The third kappa shape index (κ3) is 4.25. The number of oxazole rings is 1. The molecule has 1 heterocycles. The molecule has 0 saturated heterocycles. The molecule has 0 saturated carbocycles. The van der Waals surface area contributed by atoms with E-state index in [1.165, 1.54) is 6.20 Å². The minimum atomic E-state index is -0.694. The number of nitrogens with zero attached hydrogens (tertiary/aromatic N) is 1. The maximum absolute atomic E-state index is 13.8. The predicted molar refractivity (Wildman–Crippen MR) is 78.3 cm³/mol. The smallest absolute Gasteiger partial charge is 0.196 e. The zero-order valence-electron chi connectivity index (χ0n) is 12.1. The van der Waals surface area contributed by atoms with Crippen molar-refractivity contribution in [2.24, 2.45) is 0 Å². The highest BCUT2D eigenvalue weighted by Gasteiger charge is 2.15. The van der Waals surface area contributed by atoms with Crippen LogP contribution in [0.5, 0.6) is 0 Å². The first-order valence-corrected chi connectivity index (χ1v) is 6.99. The van der Waals surface area contributed by atoms with Crippen LogP contribution in [-0.4, -0.2) is 17.1 Å². The zero-order valence-corrected chi connectivity index (χ0v) is 12.9. The Hall–Kier alpha value is -1.46. The van der Waals surface area contributed by atoms with Gasteiger partial charge in [0.25, 0.3) is 0 Å². The normalized spacial score (nSPS) is 11.9. The Kier molecular flexibility index (Phi) is 4.64. The predicted octanol–water partition coefficient (Wildman–Crippen LogP) is 4.20. The Morgan fingerprint density at radius 3 is 2.62 bits per heavy atom. The van der Waals surface area contributed by atoms with Gasteiger partial charge in [-0.3, -0.25) is 0 Å². The van der Waals surface area contributed by atoms with Crippen LogP contribution in [0.4, 0.5) is 8.78 Å². The number of hydrogen-bond donors (Lipinski definition) is 1. The highest BCUT2D eigenvalue weighted by molar-refractivity contribution is 6.30. The topological polar surface area (TPSA) is 38.1 Å². The molecule has 2 rings (SSSR count). The molecule has 0 aliphatic carbocycles. The van der Waals surface area contributed by atoms with E-state index < -0.39 is 11.6 Å². The molecule has 3 nitrogen and oxygen atoms in total. The average molecular weight is 315 g/mol. The molecule has 0 atom stereocenters. The van der Waals surface area contributed by atoms with Crippen molar-refractivity contribution in [3.8, 4) is 11.3 Å². The number of aromatic nitrogens is 1. The van der Waals surface area contributed by atoms with Crippen LogP contribution in [-0.2, 0) is 6.42 Å². The monoisotopic (exact) mass is 314 g/mol. The second kappa shape index (κ2) is 6.12. The van der Waals surface area contributed by atoms with Crippen molar-refractivity contribution >= 4 is 11.6 Å². The van der Waals surface area contributed by atoms with Crippen molar-refractivity contribution in [1.29, 1.82) is 0 Å². The van der Waals surface area contributed by atoms with E-state index in [-0.39, 0.29) is 21.9 Å². The number of nitrogens with one attached hydrogen (secondary N) is 1. The van der Waals surface area contributed by atoms with Gasteiger partial charge in [0.1, 0.15) is 11.6 Å². The van der Waals surface area contributed by atoms with Crippen LogP contribution < -0.4 is 5.32 Å². The van der Waals surface area contributed by atoms with Crippen molar-refractivity contribution in [2.75, 3.05) is 6.54 Å². The van der Waals surface area contributed by atoms with E-state index in [4.69, 9.17) is 16.0 Å². The van der Waals surface area contributed by atoms with Crippen LogP contribution in [0.25, 0.3) is 11.3 Å². The van der Waals surface area contributed by atoms with Gasteiger partial charge in [-0.05, 0) is 32.9 Å².